The van der Waals surface area contributed by atoms with Crippen molar-refractivity contribution in [3.05, 3.63) is 103 Å². The molecule has 4 heterocycles. The molecule has 0 amide bonds. The molecule has 0 radical (unpaired) electrons. The summed E-state index contributed by atoms with van der Waals surface area (Å²) in [5.74, 6) is -6.28. The predicted octanol–water partition coefficient (Wildman–Crippen LogP) is 3.57. The highest BCUT2D eigenvalue weighted by Crippen LogP contribution is 2.63. The summed E-state index contributed by atoms with van der Waals surface area (Å²) < 4.78 is 81.5. The van der Waals surface area contributed by atoms with Crippen LogP contribution in [0.25, 0.3) is 0 Å². The molecular formula is C70H90N4O24. The summed E-state index contributed by atoms with van der Waals surface area (Å²) in [5, 5.41) is 85.1. The summed E-state index contributed by atoms with van der Waals surface area (Å²) in [7, 11) is 13.0. The van der Waals surface area contributed by atoms with E-state index in [1.54, 1.807) is 79.5 Å². The van der Waals surface area contributed by atoms with Crippen molar-refractivity contribution in [1.29, 1.82) is 0 Å². The summed E-state index contributed by atoms with van der Waals surface area (Å²) in [6.07, 6.45) is -17.7. The summed E-state index contributed by atoms with van der Waals surface area (Å²) in [4.78, 5) is 84.2. The van der Waals surface area contributed by atoms with Gasteiger partial charge in [-0.2, -0.15) is 0 Å². The van der Waals surface area contributed by atoms with Crippen molar-refractivity contribution < 1.29 is 117 Å². The average Bonchev–Trinajstić information content (AvgIpc) is 1.43. The Balaban J connectivity index is 1.20. The molecule has 10 N–H and O–H groups in total. The molecule has 0 bridgehead atoms. The lowest BCUT2D eigenvalue weighted by Crippen LogP contribution is -2.70. The number of nitrogens with one attached hydrogen (secondary N) is 1. The third-order valence-corrected chi connectivity index (χ3v) is 22.1. The number of ketones is 5. The Morgan fingerprint density at radius 3 is 1.37 bits per heavy atom. The molecule has 0 spiro atoms. The molecule has 23 unspecified atom stereocenters. The van der Waals surface area contributed by atoms with Gasteiger partial charge in [-0.25, -0.2) is 5.43 Å². The second-order valence-corrected chi connectivity index (χ2v) is 27.6. The molecule has 534 valence electrons. The molecule has 10 aliphatic rings. The third kappa shape index (κ3) is 11.0. The predicted molar refractivity (Wildman–Crippen MR) is 343 cm³/mol. The number of hydrazine groups is 1. The molecule has 23 atom stereocenters. The van der Waals surface area contributed by atoms with Crippen LogP contribution in [0.4, 0.5) is 0 Å². The number of phenols is 4. The maximum Gasteiger partial charge on any atom is 0.199 e. The van der Waals surface area contributed by atoms with E-state index in [2.05, 4.69) is 5.43 Å². The van der Waals surface area contributed by atoms with Gasteiger partial charge in [-0.15, -0.1) is 0 Å². The molecule has 4 saturated heterocycles. The lowest BCUT2D eigenvalue weighted by Gasteiger charge is -2.59. The first-order valence-corrected chi connectivity index (χ1v) is 33.3. The number of Topliss-reactive ketones (excluding diaryl/α,β-unsaturated/α-hetero) is 5. The van der Waals surface area contributed by atoms with Gasteiger partial charge >= 0.3 is 0 Å². The minimum atomic E-state index is -2.42. The first-order valence-electron chi connectivity index (χ1n) is 33.3. The number of hydrogen-bond donors (Lipinski definition) is 9. The van der Waals surface area contributed by atoms with Gasteiger partial charge in [0.1, 0.15) is 64.4 Å². The highest BCUT2D eigenvalue weighted by molar-refractivity contribution is 6.35. The van der Waals surface area contributed by atoms with E-state index in [9.17, 15) is 35.7 Å². The van der Waals surface area contributed by atoms with Gasteiger partial charge in [0, 0.05) is 87.6 Å². The van der Waals surface area contributed by atoms with Crippen LogP contribution >= 0.6 is 0 Å². The lowest BCUT2D eigenvalue weighted by molar-refractivity contribution is -0.349. The van der Waals surface area contributed by atoms with Gasteiger partial charge < -0.3 is 102 Å². The molecule has 28 nitrogen and oxygen atoms in total. The Labute approximate surface area is 566 Å². The number of allylic oxidation sites excluding steroid dienone is 5. The van der Waals surface area contributed by atoms with Crippen LogP contribution in [0.1, 0.15) is 121 Å². The number of rotatable bonds is 18. The van der Waals surface area contributed by atoms with Crippen LogP contribution in [0, 0.1) is 11.8 Å². The van der Waals surface area contributed by atoms with Gasteiger partial charge in [0.15, 0.2) is 54.1 Å². The Hall–Kier alpha value is -6.23. The molecule has 6 aliphatic carbocycles. The van der Waals surface area contributed by atoms with E-state index < -0.39 is 242 Å². The van der Waals surface area contributed by atoms with Crippen molar-refractivity contribution in [3.63, 3.8) is 0 Å². The van der Waals surface area contributed by atoms with Crippen molar-refractivity contribution in [2.45, 2.75) is 208 Å². The fourth-order valence-corrected chi connectivity index (χ4v) is 18.0. The van der Waals surface area contributed by atoms with Crippen molar-refractivity contribution >= 4 is 28.9 Å². The summed E-state index contributed by atoms with van der Waals surface area (Å²) >= 11 is 0. The van der Waals surface area contributed by atoms with Gasteiger partial charge in [0.25, 0.3) is 0 Å². The van der Waals surface area contributed by atoms with E-state index in [0.717, 1.165) is 24.3 Å². The minimum Gasteiger partial charge on any atom is -0.511 e. The SMILES string of the molecule is CCC1(OC2CC(OC)C(OC)C(C)O2)C(OC2CC(O)C(N(C)C)C(C)O2)C2=C(C(=O)C1C1C(O)=C3C(=CC4=C3C(=O)c3c(O)ccc(O)c3C4=O)C(OC3CC(O)C(N(C)C)C(C)O3)C1(CC)OC1CC(OC)C(OC)C(C)O1)C1=C(C(=O)c3c(O)ccc(O)c3C1=O)C2NN. The number of benzene rings is 2. The summed E-state index contributed by atoms with van der Waals surface area (Å²) in [6.45, 7) is 10.2. The zero-order valence-corrected chi connectivity index (χ0v) is 57.3. The second-order valence-electron chi connectivity index (χ2n) is 27.6. The molecule has 0 saturated carbocycles. The summed E-state index contributed by atoms with van der Waals surface area (Å²) in [5.41, 5.74) is -7.56. The van der Waals surface area contributed by atoms with Crippen LogP contribution < -0.4 is 11.3 Å². The number of ether oxygens (including phenoxy) is 12. The molecule has 12 rings (SSSR count). The topological polar surface area (TPSA) is 382 Å². The number of phenolic OH excluding ortho intramolecular Hbond substituents is 4. The normalized spacial score (nSPS) is 38.7. The van der Waals surface area contributed by atoms with Crippen molar-refractivity contribution in [1.82, 2.24) is 15.2 Å². The second kappa shape index (κ2) is 26.9. The van der Waals surface area contributed by atoms with Gasteiger partial charge in [0.2, 0.25) is 0 Å². The van der Waals surface area contributed by atoms with Crippen molar-refractivity contribution in [2.24, 2.45) is 17.7 Å². The number of methoxy groups -OCH3 is 4. The van der Waals surface area contributed by atoms with E-state index >= 15 is 24.0 Å². The monoisotopic (exact) mass is 1370 g/mol. The van der Waals surface area contributed by atoms with Gasteiger partial charge in [0.05, 0.1) is 101 Å². The number of nitrogens with two attached hydrogens (primary N) is 1. The fourth-order valence-electron chi connectivity index (χ4n) is 18.0. The third-order valence-electron chi connectivity index (χ3n) is 22.1. The quantitative estimate of drug-likeness (QED) is 0.0585. The number of nitrogens with zero attached hydrogens (tertiary/aromatic N) is 2. The van der Waals surface area contributed by atoms with E-state index in [1.165, 1.54) is 34.5 Å². The van der Waals surface area contributed by atoms with Gasteiger partial charge in [-0.05, 0) is 110 Å². The van der Waals surface area contributed by atoms with Gasteiger partial charge in [-0.3, -0.25) is 29.8 Å². The maximum absolute atomic E-state index is 18.0. The van der Waals surface area contributed by atoms with E-state index in [4.69, 9.17) is 62.7 Å². The van der Waals surface area contributed by atoms with Gasteiger partial charge in [-0.1, -0.05) is 13.8 Å². The Bertz CT molecular complexity index is 3720. The molecule has 4 fully saturated rings. The van der Waals surface area contributed by atoms with Crippen LogP contribution in [0.2, 0.25) is 0 Å². The Morgan fingerprint density at radius 2 is 0.949 bits per heavy atom. The average molecular weight is 1370 g/mol. The zero-order valence-electron chi connectivity index (χ0n) is 57.3. The molecular weight excluding hydrogens is 1280 g/mol. The maximum atomic E-state index is 18.0. The Kier molecular flexibility index (Phi) is 19.7. The van der Waals surface area contributed by atoms with Crippen LogP contribution in [0.3, 0.4) is 0 Å². The zero-order chi connectivity index (χ0) is 71.0. The minimum absolute atomic E-state index is 0.0920. The number of aromatic hydroxyl groups is 4. The molecule has 4 aliphatic heterocycles. The lowest BCUT2D eigenvalue weighted by atomic mass is 9.55. The van der Waals surface area contributed by atoms with E-state index in [-0.39, 0.29) is 60.8 Å². The number of fused-ring (bicyclic) bond motifs is 5. The number of carbonyl (C=O) groups is 5. The summed E-state index contributed by atoms with van der Waals surface area (Å²) in [6, 6.07) is 1.28. The number of hydrogen-bond acceptors (Lipinski definition) is 28. The molecule has 98 heavy (non-hydrogen) atoms. The largest absolute Gasteiger partial charge is 0.511 e. The number of likely N-dealkylation sites (N-methyl/N-ethyl adjacent to an activating group) is 2. The van der Waals surface area contributed by atoms with Crippen LogP contribution in [-0.2, 0) is 61.6 Å². The van der Waals surface area contributed by atoms with E-state index in [0.29, 0.717) is 0 Å². The molecule has 28 heteroatoms. The van der Waals surface area contributed by atoms with Crippen molar-refractivity contribution in [2.75, 3.05) is 56.6 Å². The smallest absolute Gasteiger partial charge is 0.199 e. The van der Waals surface area contributed by atoms with Crippen LogP contribution in [0.15, 0.2) is 80.7 Å². The van der Waals surface area contributed by atoms with Crippen LogP contribution in [-0.4, -0.2) is 259 Å². The fraction of sp³-hybridized carbons (Fsp3) is 0.614. The highest BCUT2D eigenvalue weighted by atomic mass is 16.7. The molecule has 2 aromatic rings. The van der Waals surface area contributed by atoms with E-state index in [1.807, 2.05) is 0 Å². The van der Waals surface area contributed by atoms with Crippen molar-refractivity contribution in [3.8, 4) is 23.0 Å². The standard InChI is InChI=1S/C70H90N4O24/c1-15-69(97-42-24-38(87-11)65(89-13)28(5)93-42)54(63(85)45-31(67(69)95-40-22-36(79)57(73(7)8)26(3)91-40)21-30-44(45)60(82)47-33(76)18-17-32(75)46(47)59(30)81)55-64(86)51-50-52(62(84)49-35(78)20-19-34(77)48(49)61(50)83)56(72-71)53(51)68(96-41-23-37(80)58(74(9)10)27(4)92-41)70(55,16-2)98-43-25-39(88-12)66(90-14)29(6)94-43/h17-21,26-29,36-43,54-58,65-68,72,75-80,85H,15-16,22-25,71H2,1-14H3. The molecule has 0 aromatic heterocycles. The first kappa shape index (κ1) is 71.6. The molecule has 2 aromatic carbocycles. The number of carbonyl (C=O) groups excluding carboxylic acids is 5. The number of aliphatic hydroxyl groups excluding tert-OH is 3. The first-order chi connectivity index (χ1) is 46.5. The van der Waals surface area contributed by atoms with Crippen LogP contribution in [0.5, 0.6) is 23.0 Å². The number of aliphatic hydroxyl groups is 3. The highest BCUT2D eigenvalue weighted by Gasteiger charge is 2.72. The Morgan fingerprint density at radius 1 is 0.531 bits per heavy atom.